The molecule has 0 saturated carbocycles. The highest BCUT2D eigenvalue weighted by atomic mass is 32.2. The molecule has 0 atom stereocenters. The third kappa shape index (κ3) is 6.69. The standard InChI is InChI=1S/C22H29N3O6S/c1-5-25(15-22(27)24-18-10-8-17(9-11-18)23-16(4)26)32(28,29)19-12-13-20(30-6-2)21(14-19)31-7-3/h8-14H,5-7,15H2,1-4H3,(H,23,26)(H,24,27). The Kier molecular flexibility index (Phi) is 9.03. The number of nitrogens with zero attached hydrogens (tertiary/aromatic N) is 1. The Morgan fingerprint density at radius 2 is 1.44 bits per heavy atom. The molecule has 0 heterocycles. The van der Waals surface area contributed by atoms with Gasteiger partial charge in [0, 0.05) is 30.9 Å². The normalized spacial score (nSPS) is 11.2. The minimum absolute atomic E-state index is 0.0127. The van der Waals surface area contributed by atoms with Crippen molar-refractivity contribution in [1.82, 2.24) is 4.31 Å². The Hall–Kier alpha value is -3.11. The average Bonchev–Trinajstić information content (AvgIpc) is 2.74. The molecule has 2 aromatic carbocycles. The number of sulfonamides is 1. The molecule has 9 nitrogen and oxygen atoms in total. The quantitative estimate of drug-likeness (QED) is 0.529. The smallest absolute Gasteiger partial charge is 0.243 e. The van der Waals surface area contributed by atoms with Gasteiger partial charge in [-0.05, 0) is 50.2 Å². The number of benzene rings is 2. The number of carbonyl (C=O) groups excluding carboxylic acids is 2. The molecular formula is C22H29N3O6S. The summed E-state index contributed by atoms with van der Waals surface area (Å²) in [6, 6.07) is 10.9. The summed E-state index contributed by atoms with van der Waals surface area (Å²) in [6.45, 7) is 7.19. The summed E-state index contributed by atoms with van der Waals surface area (Å²) < 4.78 is 38.4. The highest BCUT2D eigenvalue weighted by Crippen LogP contribution is 2.31. The fourth-order valence-corrected chi connectivity index (χ4v) is 4.33. The summed E-state index contributed by atoms with van der Waals surface area (Å²) in [5.41, 5.74) is 1.08. The molecule has 0 aromatic heterocycles. The lowest BCUT2D eigenvalue weighted by Crippen LogP contribution is -2.37. The molecule has 2 aromatic rings. The molecule has 0 unspecified atom stereocenters. The first-order chi connectivity index (χ1) is 15.2. The van der Waals surface area contributed by atoms with Gasteiger partial charge in [0.2, 0.25) is 21.8 Å². The molecule has 0 spiro atoms. The van der Waals surface area contributed by atoms with Crippen molar-refractivity contribution >= 4 is 33.2 Å². The number of carbonyl (C=O) groups is 2. The topological polar surface area (TPSA) is 114 Å². The predicted octanol–water partition coefficient (Wildman–Crippen LogP) is 3.09. The lowest BCUT2D eigenvalue weighted by molar-refractivity contribution is -0.116. The number of hydrogen-bond acceptors (Lipinski definition) is 6. The molecule has 0 bridgehead atoms. The van der Waals surface area contributed by atoms with E-state index in [9.17, 15) is 18.0 Å². The van der Waals surface area contributed by atoms with Crippen LogP contribution in [0.5, 0.6) is 11.5 Å². The van der Waals surface area contributed by atoms with E-state index in [0.29, 0.717) is 36.1 Å². The predicted molar refractivity (Wildman–Crippen MR) is 123 cm³/mol. The highest BCUT2D eigenvalue weighted by Gasteiger charge is 2.26. The van der Waals surface area contributed by atoms with Gasteiger partial charge < -0.3 is 20.1 Å². The first kappa shape index (κ1) is 25.2. The summed E-state index contributed by atoms with van der Waals surface area (Å²) in [6.07, 6.45) is 0. The Bertz CT molecular complexity index is 1040. The van der Waals surface area contributed by atoms with Crippen molar-refractivity contribution in [2.45, 2.75) is 32.6 Å². The van der Waals surface area contributed by atoms with Crippen molar-refractivity contribution in [2.75, 3.05) is 36.9 Å². The van der Waals surface area contributed by atoms with Gasteiger partial charge in [-0.2, -0.15) is 4.31 Å². The largest absolute Gasteiger partial charge is 0.490 e. The first-order valence-electron chi connectivity index (χ1n) is 10.3. The lowest BCUT2D eigenvalue weighted by atomic mass is 10.2. The van der Waals surface area contributed by atoms with Crippen LogP contribution in [0, 0.1) is 0 Å². The Balaban J connectivity index is 2.15. The maximum atomic E-state index is 13.1. The van der Waals surface area contributed by atoms with Gasteiger partial charge in [0.1, 0.15) is 0 Å². The zero-order valence-electron chi connectivity index (χ0n) is 18.7. The first-order valence-corrected chi connectivity index (χ1v) is 11.7. The average molecular weight is 464 g/mol. The monoisotopic (exact) mass is 463 g/mol. The molecule has 0 aliphatic carbocycles. The van der Waals surface area contributed by atoms with Gasteiger partial charge in [0.25, 0.3) is 0 Å². The molecular weight excluding hydrogens is 434 g/mol. The van der Waals surface area contributed by atoms with Gasteiger partial charge in [-0.15, -0.1) is 0 Å². The molecule has 2 amide bonds. The van der Waals surface area contributed by atoms with E-state index in [-0.39, 0.29) is 23.9 Å². The molecule has 174 valence electrons. The van der Waals surface area contributed by atoms with Crippen molar-refractivity contribution in [1.29, 1.82) is 0 Å². The Labute approximate surface area is 188 Å². The van der Waals surface area contributed by atoms with Crippen molar-refractivity contribution in [2.24, 2.45) is 0 Å². The number of rotatable bonds is 11. The molecule has 2 rings (SSSR count). The van der Waals surface area contributed by atoms with E-state index in [1.807, 2.05) is 6.92 Å². The van der Waals surface area contributed by atoms with Gasteiger partial charge in [-0.1, -0.05) is 6.92 Å². The van der Waals surface area contributed by atoms with Crippen LogP contribution in [0.2, 0.25) is 0 Å². The Morgan fingerprint density at radius 1 is 0.875 bits per heavy atom. The SMILES string of the molecule is CCOc1ccc(S(=O)(=O)N(CC)CC(=O)Nc2ccc(NC(C)=O)cc2)cc1OCC. The van der Waals surface area contributed by atoms with Crippen molar-refractivity contribution in [3.63, 3.8) is 0 Å². The van der Waals surface area contributed by atoms with E-state index in [1.54, 1.807) is 44.2 Å². The van der Waals surface area contributed by atoms with Crippen molar-refractivity contribution < 1.29 is 27.5 Å². The lowest BCUT2D eigenvalue weighted by Gasteiger charge is -2.21. The zero-order valence-corrected chi connectivity index (χ0v) is 19.5. The molecule has 32 heavy (non-hydrogen) atoms. The van der Waals surface area contributed by atoms with E-state index in [1.165, 1.54) is 19.1 Å². The van der Waals surface area contributed by atoms with E-state index in [4.69, 9.17) is 9.47 Å². The third-order valence-electron chi connectivity index (χ3n) is 4.31. The summed E-state index contributed by atoms with van der Waals surface area (Å²) >= 11 is 0. The van der Waals surface area contributed by atoms with Crippen LogP contribution in [0.15, 0.2) is 47.4 Å². The van der Waals surface area contributed by atoms with Crippen LogP contribution in [0.25, 0.3) is 0 Å². The van der Waals surface area contributed by atoms with E-state index >= 15 is 0 Å². The van der Waals surface area contributed by atoms with Crippen LogP contribution >= 0.6 is 0 Å². The van der Waals surface area contributed by atoms with Crippen LogP contribution in [0.1, 0.15) is 27.7 Å². The second-order valence-corrected chi connectivity index (χ2v) is 8.65. The van der Waals surface area contributed by atoms with E-state index < -0.39 is 15.9 Å². The fourth-order valence-electron chi connectivity index (χ4n) is 2.91. The second kappa shape index (κ2) is 11.5. The van der Waals surface area contributed by atoms with Crippen molar-refractivity contribution in [3.05, 3.63) is 42.5 Å². The molecule has 0 fully saturated rings. The number of ether oxygens (including phenoxy) is 2. The fraction of sp³-hybridized carbons (Fsp3) is 0.364. The highest BCUT2D eigenvalue weighted by molar-refractivity contribution is 7.89. The van der Waals surface area contributed by atoms with Crippen LogP contribution in [-0.2, 0) is 19.6 Å². The van der Waals surface area contributed by atoms with Crippen LogP contribution < -0.4 is 20.1 Å². The molecule has 2 N–H and O–H groups in total. The van der Waals surface area contributed by atoms with Crippen LogP contribution in [0.4, 0.5) is 11.4 Å². The van der Waals surface area contributed by atoms with Crippen LogP contribution in [-0.4, -0.2) is 50.8 Å². The van der Waals surface area contributed by atoms with E-state index in [0.717, 1.165) is 4.31 Å². The minimum Gasteiger partial charge on any atom is -0.490 e. The van der Waals surface area contributed by atoms with Crippen LogP contribution in [0.3, 0.4) is 0 Å². The summed E-state index contributed by atoms with van der Waals surface area (Å²) in [7, 11) is -3.94. The molecule has 0 saturated heterocycles. The molecule has 0 aliphatic heterocycles. The molecule has 0 aliphatic rings. The maximum absolute atomic E-state index is 13.1. The number of hydrogen-bond donors (Lipinski definition) is 2. The van der Waals surface area contributed by atoms with Gasteiger partial charge in [-0.25, -0.2) is 8.42 Å². The summed E-state index contributed by atoms with van der Waals surface area (Å²) in [5, 5.41) is 5.30. The molecule has 0 radical (unpaired) electrons. The van der Waals surface area contributed by atoms with Gasteiger partial charge in [0.05, 0.1) is 24.7 Å². The van der Waals surface area contributed by atoms with E-state index in [2.05, 4.69) is 10.6 Å². The summed E-state index contributed by atoms with van der Waals surface area (Å²) in [5.74, 6) is 0.0954. The van der Waals surface area contributed by atoms with Gasteiger partial charge in [-0.3, -0.25) is 9.59 Å². The third-order valence-corrected chi connectivity index (χ3v) is 6.23. The minimum atomic E-state index is -3.94. The Morgan fingerprint density at radius 3 is 1.97 bits per heavy atom. The second-order valence-electron chi connectivity index (χ2n) is 6.71. The zero-order chi connectivity index (χ0) is 23.7. The molecule has 10 heteroatoms. The number of amides is 2. The number of likely N-dealkylation sites (N-methyl/N-ethyl adjacent to an activating group) is 1. The van der Waals surface area contributed by atoms with Gasteiger partial charge >= 0.3 is 0 Å². The van der Waals surface area contributed by atoms with Crippen molar-refractivity contribution in [3.8, 4) is 11.5 Å². The maximum Gasteiger partial charge on any atom is 0.243 e. The number of anilines is 2. The summed E-state index contributed by atoms with van der Waals surface area (Å²) in [4.78, 5) is 23.6. The number of nitrogens with one attached hydrogen (secondary N) is 2. The van der Waals surface area contributed by atoms with Gasteiger partial charge in [0.15, 0.2) is 11.5 Å².